The topological polar surface area (TPSA) is 40.5 Å². The molecule has 0 amide bonds. The van der Waals surface area contributed by atoms with E-state index >= 15 is 0 Å². The summed E-state index contributed by atoms with van der Waals surface area (Å²) >= 11 is 0. The lowest BCUT2D eigenvalue weighted by atomic mass is 10.0. The van der Waals surface area contributed by atoms with Gasteiger partial charge in [-0.05, 0) is 17.5 Å². The normalized spacial score (nSPS) is 27.2. The molecular weight excluding hydrogens is 152 g/mol. The molecule has 0 aliphatic heterocycles. The fourth-order valence-corrected chi connectivity index (χ4v) is 1.56. The standard InChI is InChI=1S/C10H12O2/c11-6-7-3-1-2-4-8(7)9-5-10(9)12/h1-4,9-12H,5-6H2. The van der Waals surface area contributed by atoms with Crippen molar-refractivity contribution in [3.8, 4) is 0 Å². The minimum Gasteiger partial charge on any atom is -0.392 e. The zero-order chi connectivity index (χ0) is 8.55. The molecule has 0 aromatic heterocycles. The fourth-order valence-electron chi connectivity index (χ4n) is 1.56. The number of rotatable bonds is 2. The van der Waals surface area contributed by atoms with Crippen LogP contribution in [-0.2, 0) is 6.61 Å². The molecule has 2 nitrogen and oxygen atoms in total. The SMILES string of the molecule is OCc1ccccc1C1CC1O. The maximum absolute atomic E-state index is 9.22. The molecule has 1 saturated carbocycles. The first-order valence-corrected chi connectivity index (χ1v) is 4.19. The van der Waals surface area contributed by atoms with Crippen molar-refractivity contribution in [2.45, 2.75) is 25.0 Å². The minimum absolute atomic E-state index is 0.0688. The Kier molecular flexibility index (Phi) is 1.87. The summed E-state index contributed by atoms with van der Waals surface area (Å²) in [4.78, 5) is 0. The van der Waals surface area contributed by atoms with E-state index in [1.165, 1.54) is 0 Å². The van der Waals surface area contributed by atoms with Gasteiger partial charge in [0.1, 0.15) is 0 Å². The average Bonchev–Trinajstić information content (AvgIpc) is 2.83. The number of aliphatic hydroxyl groups excluding tert-OH is 2. The molecule has 0 heterocycles. The summed E-state index contributed by atoms with van der Waals surface area (Å²) < 4.78 is 0. The highest BCUT2D eigenvalue weighted by atomic mass is 16.3. The molecule has 0 radical (unpaired) electrons. The van der Waals surface area contributed by atoms with Crippen molar-refractivity contribution < 1.29 is 10.2 Å². The van der Waals surface area contributed by atoms with Crippen molar-refractivity contribution in [1.82, 2.24) is 0 Å². The molecule has 64 valence electrons. The van der Waals surface area contributed by atoms with Crippen LogP contribution in [-0.4, -0.2) is 16.3 Å². The van der Waals surface area contributed by atoms with Crippen molar-refractivity contribution in [2.75, 3.05) is 0 Å². The molecule has 0 saturated heterocycles. The summed E-state index contributed by atoms with van der Waals surface area (Å²) in [5.41, 5.74) is 2.05. The quantitative estimate of drug-likeness (QED) is 0.685. The van der Waals surface area contributed by atoms with Crippen molar-refractivity contribution in [1.29, 1.82) is 0 Å². The van der Waals surface area contributed by atoms with Gasteiger partial charge in [0.15, 0.2) is 0 Å². The Bertz CT molecular complexity index is 283. The summed E-state index contributed by atoms with van der Waals surface area (Å²) in [6.07, 6.45) is 0.662. The van der Waals surface area contributed by atoms with E-state index in [-0.39, 0.29) is 18.6 Å². The van der Waals surface area contributed by atoms with Crippen LogP contribution in [0.15, 0.2) is 24.3 Å². The Morgan fingerprint density at radius 1 is 1.33 bits per heavy atom. The van der Waals surface area contributed by atoms with Crippen LogP contribution in [0, 0.1) is 0 Å². The van der Waals surface area contributed by atoms with E-state index in [0.717, 1.165) is 17.5 Å². The van der Waals surface area contributed by atoms with Gasteiger partial charge < -0.3 is 10.2 Å². The Hall–Kier alpha value is -0.860. The third-order valence-electron chi connectivity index (χ3n) is 2.38. The molecule has 1 aromatic rings. The van der Waals surface area contributed by atoms with E-state index in [2.05, 4.69) is 0 Å². The van der Waals surface area contributed by atoms with Crippen LogP contribution in [0.2, 0.25) is 0 Å². The van der Waals surface area contributed by atoms with E-state index in [9.17, 15) is 5.11 Å². The van der Waals surface area contributed by atoms with E-state index in [1.54, 1.807) is 0 Å². The van der Waals surface area contributed by atoms with E-state index in [4.69, 9.17) is 5.11 Å². The van der Waals surface area contributed by atoms with Crippen LogP contribution in [0.3, 0.4) is 0 Å². The van der Waals surface area contributed by atoms with Crippen molar-refractivity contribution in [2.24, 2.45) is 0 Å². The molecule has 2 heteroatoms. The van der Waals surface area contributed by atoms with E-state index in [1.807, 2.05) is 24.3 Å². The summed E-state index contributed by atoms with van der Waals surface area (Å²) in [5, 5.41) is 18.2. The highest BCUT2D eigenvalue weighted by Gasteiger charge is 2.37. The summed E-state index contributed by atoms with van der Waals surface area (Å²) in [6, 6.07) is 7.73. The van der Waals surface area contributed by atoms with Gasteiger partial charge in [-0.25, -0.2) is 0 Å². The van der Waals surface area contributed by atoms with Crippen LogP contribution in [0.5, 0.6) is 0 Å². The third kappa shape index (κ3) is 1.24. The molecule has 1 fully saturated rings. The van der Waals surface area contributed by atoms with Crippen molar-refractivity contribution in [3.63, 3.8) is 0 Å². The van der Waals surface area contributed by atoms with Gasteiger partial charge in [0.05, 0.1) is 12.7 Å². The van der Waals surface area contributed by atoms with Crippen LogP contribution < -0.4 is 0 Å². The first-order chi connectivity index (χ1) is 5.83. The minimum atomic E-state index is -0.183. The number of aliphatic hydroxyl groups is 2. The van der Waals surface area contributed by atoms with Gasteiger partial charge in [0, 0.05) is 5.92 Å². The van der Waals surface area contributed by atoms with Crippen molar-refractivity contribution in [3.05, 3.63) is 35.4 Å². The zero-order valence-electron chi connectivity index (χ0n) is 6.77. The maximum atomic E-state index is 9.22. The Balaban J connectivity index is 2.29. The van der Waals surface area contributed by atoms with Crippen LogP contribution in [0.1, 0.15) is 23.5 Å². The Morgan fingerprint density at radius 3 is 2.58 bits per heavy atom. The largest absolute Gasteiger partial charge is 0.392 e. The van der Waals surface area contributed by atoms with Gasteiger partial charge in [-0.3, -0.25) is 0 Å². The van der Waals surface area contributed by atoms with Gasteiger partial charge in [0.25, 0.3) is 0 Å². The molecule has 1 aromatic carbocycles. The maximum Gasteiger partial charge on any atom is 0.0684 e. The Labute approximate surface area is 71.5 Å². The summed E-state index contributed by atoms with van der Waals surface area (Å²) in [6.45, 7) is 0.0688. The van der Waals surface area contributed by atoms with Gasteiger partial charge >= 0.3 is 0 Å². The third-order valence-corrected chi connectivity index (χ3v) is 2.38. The molecule has 1 aliphatic rings. The molecule has 2 unspecified atom stereocenters. The second-order valence-electron chi connectivity index (χ2n) is 3.27. The first-order valence-electron chi connectivity index (χ1n) is 4.19. The van der Waals surface area contributed by atoms with Gasteiger partial charge in [-0.2, -0.15) is 0 Å². The predicted molar refractivity (Wildman–Crippen MR) is 45.7 cm³/mol. The van der Waals surface area contributed by atoms with Gasteiger partial charge in [0.2, 0.25) is 0 Å². The van der Waals surface area contributed by atoms with E-state index in [0.29, 0.717) is 0 Å². The average molecular weight is 164 g/mol. The number of hydrogen-bond acceptors (Lipinski definition) is 2. The molecule has 2 rings (SSSR count). The Morgan fingerprint density at radius 2 is 2.00 bits per heavy atom. The molecule has 0 bridgehead atoms. The predicted octanol–water partition coefficient (Wildman–Crippen LogP) is 1.03. The second-order valence-corrected chi connectivity index (χ2v) is 3.27. The summed E-state index contributed by atoms with van der Waals surface area (Å²) in [5.74, 6) is 0.272. The highest BCUT2D eigenvalue weighted by molar-refractivity contribution is 5.34. The molecule has 0 spiro atoms. The first kappa shape index (κ1) is 7.77. The van der Waals surface area contributed by atoms with Gasteiger partial charge in [-0.1, -0.05) is 24.3 Å². The van der Waals surface area contributed by atoms with Crippen LogP contribution >= 0.6 is 0 Å². The lowest BCUT2D eigenvalue weighted by molar-refractivity contribution is 0.267. The fraction of sp³-hybridized carbons (Fsp3) is 0.400. The second kappa shape index (κ2) is 2.88. The molecule has 1 aliphatic carbocycles. The lowest BCUT2D eigenvalue weighted by Crippen LogP contribution is -1.93. The zero-order valence-corrected chi connectivity index (χ0v) is 6.77. The van der Waals surface area contributed by atoms with Crippen LogP contribution in [0.25, 0.3) is 0 Å². The van der Waals surface area contributed by atoms with Crippen LogP contribution in [0.4, 0.5) is 0 Å². The molecule has 2 N–H and O–H groups in total. The summed E-state index contributed by atoms with van der Waals surface area (Å²) in [7, 11) is 0. The van der Waals surface area contributed by atoms with Gasteiger partial charge in [-0.15, -0.1) is 0 Å². The number of benzene rings is 1. The van der Waals surface area contributed by atoms with E-state index < -0.39 is 0 Å². The highest BCUT2D eigenvalue weighted by Crippen LogP contribution is 2.41. The molecular formula is C10H12O2. The molecule has 2 atom stereocenters. The number of hydrogen-bond donors (Lipinski definition) is 2. The lowest BCUT2D eigenvalue weighted by Gasteiger charge is -2.04. The smallest absolute Gasteiger partial charge is 0.0684 e. The molecule has 12 heavy (non-hydrogen) atoms. The van der Waals surface area contributed by atoms with Crippen molar-refractivity contribution >= 4 is 0 Å². The monoisotopic (exact) mass is 164 g/mol.